The van der Waals surface area contributed by atoms with Crippen LogP contribution in [0.2, 0.25) is 0 Å². The van der Waals surface area contributed by atoms with Crippen molar-refractivity contribution < 1.29 is 4.79 Å². The number of hydrogen-bond donors (Lipinski definition) is 2. The average molecular weight is 274 g/mol. The van der Waals surface area contributed by atoms with Crippen LogP contribution in [0.5, 0.6) is 0 Å². The maximum Gasteiger partial charge on any atom is 0.221 e. The minimum absolute atomic E-state index is 0.106. The number of nitrogens with one attached hydrogen (secondary N) is 2. The molecule has 1 aliphatic carbocycles. The molecule has 0 spiro atoms. The van der Waals surface area contributed by atoms with Crippen molar-refractivity contribution in [1.29, 1.82) is 0 Å². The van der Waals surface area contributed by atoms with Gasteiger partial charge < -0.3 is 10.6 Å². The van der Waals surface area contributed by atoms with Gasteiger partial charge in [-0.15, -0.1) is 0 Å². The van der Waals surface area contributed by atoms with Crippen LogP contribution in [0.4, 0.5) is 0 Å². The minimum Gasteiger partial charge on any atom is -0.351 e. The zero-order chi connectivity index (χ0) is 14.6. The summed E-state index contributed by atoms with van der Waals surface area (Å²) < 4.78 is 0. The molecule has 0 saturated heterocycles. The van der Waals surface area contributed by atoms with Crippen LogP contribution in [-0.2, 0) is 11.3 Å². The fraction of sp³-hybridized carbons (Fsp3) is 0.588. The van der Waals surface area contributed by atoms with Crippen molar-refractivity contribution in [3.63, 3.8) is 0 Å². The highest BCUT2D eigenvalue weighted by molar-refractivity contribution is 5.76. The first-order valence-corrected chi connectivity index (χ1v) is 7.54. The number of carbonyl (C=O) groups excluding carboxylic acids is 1. The van der Waals surface area contributed by atoms with Crippen molar-refractivity contribution in [3.05, 3.63) is 35.4 Å². The molecule has 110 valence electrons. The van der Waals surface area contributed by atoms with E-state index in [9.17, 15) is 4.79 Å². The molecule has 1 aromatic rings. The molecule has 1 fully saturated rings. The van der Waals surface area contributed by atoms with Gasteiger partial charge in [0.15, 0.2) is 0 Å². The Morgan fingerprint density at radius 3 is 2.40 bits per heavy atom. The molecule has 1 saturated carbocycles. The Bertz CT molecular complexity index is 441. The molecule has 2 N–H and O–H groups in total. The lowest BCUT2D eigenvalue weighted by atomic mass is 10.1. The van der Waals surface area contributed by atoms with Crippen molar-refractivity contribution in [2.24, 2.45) is 0 Å². The van der Waals surface area contributed by atoms with Crippen LogP contribution < -0.4 is 10.6 Å². The second-order valence-corrected chi connectivity index (χ2v) is 6.74. The van der Waals surface area contributed by atoms with E-state index in [1.807, 2.05) is 20.8 Å². The summed E-state index contributed by atoms with van der Waals surface area (Å²) in [7, 11) is 0. The van der Waals surface area contributed by atoms with E-state index < -0.39 is 0 Å². The number of amides is 1. The zero-order valence-corrected chi connectivity index (χ0v) is 12.8. The first-order valence-electron chi connectivity index (χ1n) is 7.54. The third kappa shape index (κ3) is 5.33. The molecule has 0 radical (unpaired) electrons. The van der Waals surface area contributed by atoms with Gasteiger partial charge in [-0.05, 0) is 50.7 Å². The van der Waals surface area contributed by atoms with Gasteiger partial charge in [0.25, 0.3) is 0 Å². The number of benzene rings is 1. The Labute approximate surface area is 122 Å². The van der Waals surface area contributed by atoms with Gasteiger partial charge in [-0.1, -0.05) is 24.3 Å². The lowest BCUT2D eigenvalue weighted by Crippen LogP contribution is -2.41. The summed E-state index contributed by atoms with van der Waals surface area (Å²) in [6.07, 6.45) is 3.22. The Kier molecular flexibility index (Phi) is 4.81. The van der Waals surface area contributed by atoms with Crippen molar-refractivity contribution in [2.75, 3.05) is 6.54 Å². The van der Waals surface area contributed by atoms with Gasteiger partial charge in [0, 0.05) is 25.0 Å². The number of carbonyl (C=O) groups is 1. The van der Waals surface area contributed by atoms with Crippen molar-refractivity contribution >= 4 is 5.91 Å². The largest absolute Gasteiger partial charge is 0.351 e. The molecule has 3 nitrogen and oxygen atoms in total. The van der Waals surface area contributed by atoms with E-state index in [1.54, 1.807) is 0 Å². The topological polar surface area (TPSA) is 41.1 Å². The van der Waals surface area contributed by atoms with E-state index in [1.165, 1.54) is 24.0 Å². The van der Waals surface area contributed by atoms with Crippen LogP contribution in [0.25, 0.3) is 0 Å². The molecule has 0 unspecified atom stereocenters. The molecule has 0 atom stereocenters. The van der Waals surface area contributed by atoms with Crippen molar-refractivity contribution in [1.82, 2.24) is 10.6 Å². The van der Waals surface area contributed by atoms with E-state index in [2.05, 4.69) is 34.9 Å². The van der Waals surface area contributed by atoms with E-state index in [4.69, 9.17) is 0 Å². The Morgan fingerprint density at radius 2 is 1.85 bits per heavy atom. The maximum absolute atomic E-state index is 11.6. The molecule has 1 aromatic carbocycles. The monoisotopic (exact) mass is 274 g/mol. The SMILES string of the molecule is CC(C)(C)NC(=O)CCNCc1ccc(C2CC2)cc1. The highest BCUT2D eigenvalue weighted by Crippen LogP contribution is 2.39. The van der Waals surface area contributed by atoms with E-state index >= 15 is 0 Å². The fourth-order valence-electron chi connectivity index (χ4n) is 2.24. The average Bonchev–Trinajstić information content (AvgIpc) is 3.17. The third-order valence-electron chi connectivity index (χ3n) is 3.40. The summed E-state index contributed by atoms with van der Waals surface area (Å²) in [5, 5.41) is 6.29. The molecule has 0 aromatic heterocycles. The lowest BCUT2D eigenvalue weighted by molar-refractivity contribution is -0.122. The van der Waals surface area contributed by atoms with Crippen LogP contribution in [0.3, 0.4) is 0 Å². The molecule has 20 heavy (non-hydrogen) atoms. The third-order valence-corrected chi connectivity index (χ3v) is 3.40. The van der Waals surface area contributed by atoms with Crippen LogP contribution in [0.1, 0.15) is 57.1 Å². The van der Waals surface area contributed by atoms with Gasteiger partial charge >= 0.3 is 0 Å². The summed E-state index contributed by atoms with van der Waals surface area (Å²) in [5.41, 5.74) is 2.61. The predicted molar refractivity (Wildman–Crippen MR) is 82.6 cm³/mol. The Morgan fingerprint density at radius 1 is 1.20 bits per heavy atom. The molecule has 1 amide bonds. The lowest BCUT2D eigenvalue weighted by Gasteiger charge is -2.20. The summed E-state index contributed by atoms with van der Waals surface area (Å²) >= 11 is 0. The molecular formula is C17H26N2O. The van der Waals surface area contributed by atoms with Gasteiger partial charge in [0.05, 0.1) is 0 Å². The normalized spacial score (nSPS) is 15.2. The van der Waals surface area contributed by atoms with Crippen LogP contribution in [0, 0.1) is 0 Å². The Balaban J connectivity index is 1.64. The van der Waals surface area contributed by atoms with Gasteiger partial charge in [-0.2, -0.15) is 0 Å². The molecular weight excluding hydrogens is 248 g/mol. The number of hydrogen-bond acceptors (Lipinski definition) is 2. The number of rotatable bonds is 6. The molecule has 0 aliphatic heterocycles. The van der Waals surface area contributed by atoms with Crippen molar-refractivity contribution in [3.8, 4) is 0 Å². The maximum atomic E-state index is 11.6. The van der Waals surface area contributed by atoms with Gasteiger partial charge in [-0.25, -0.2) is 0 Å². The molecule has 3 heteroatoms. The highest BCUT2D eigenvalue weighted by Gasteiger charge is 2.22. The summed E-state index contributed by atoms with van der Waals surface area (Å²) in [5.74, 6) is 0.923. The minimum atomic E-state index is -0.143. The van der Waals surface area contributed by atoms with E-state index in [-0.39, 0.29) is 11.4 Å². The highest BCUT2D eigenvalue weighted by atomic mass is 16.1. The molecule has 1 aliphatic rings. The standard InChI is InChI=1S/C17H26N2O/c1-17(2,3)19-16(20)10-11-18-12-13-4-6-14(7-5-13)15-8-9-15/h4-7,15,18H,8-12H2,1-3H3,(H,19,20). The van der Waals surface area contributed by atoms with Gasteiger partial charge in [0.2, 0.25) is 5.91 Å². The fourth-order valence-corrected chi connectivity index (χ4v) is 2.24. The predicted octanol–water partition coefficient (Wildman–Crippen LogP) is 2.96. The molecule has 0 bridgehead atoms. The van der Waals surface area contributed by atoms with Gasteiger partial charge in [-0.3, -0.25) is 4.79 Å². The van der Waals surface area contributed by atoms with Crippen LogP contribution in [0.15, 0.2) is 24.3 Å². The Hall–Kier alpha value is -1.35. The summed E-state index contributed by atoms with van der Waals surface area (Å²) in [4.78, 5) is 11.6. The zero-order valence-electron chi connectivity index (χ0n) is 12.8. The quantitative estimate of drug-likeness (QED) is 0.783. The van der Waals surface area contributed by atoms with Crippen LogP contribution in [-0.4, -0.2) is 18.0 Å². The van der Waals surface area contributed by atoms with Crippen LogP contribution >= 0.6 is 0 Å². The summed E-state index contributed by atoms with van der Waals surface area (Å²) in [6.45, 7) is 7.54. The second kappa shape index (κ2) is 6.40. The van der Waals surface area contributed by atoms with E-state index in [0.717, 1.165) is 12.5 Å². The molecule has 0 heterocycles. The smallest absolute Gasteiger partial charge is 0.221 e. The summed E-state index contributed by atoms with van der Waals surface area (Å²) in [6, 6.07) is 8.85. The first kappa shape index (κ1) is 15.0. The first-order chi connectivity index (χ1) is 9.44. The van der Waals surface area contributed by atoms with Crippen molar-refractivity contribution in [2.45, 2.75) is 58.0 Å². The molecule has 2 rings (SSSR count). The van der Waals surface area contributed by atoms with Gasteiger partial charge in [0.1, 0.15) is 0 Å². The second-order valence-electron chi connectivity index (χ2n) is 6.74. The van der Waals surface area contributed by atoms with E-state index in [0.29, 0.717) is 13.0 Å².